The average Bonchev–Trinajstić information content (AvgIpc) is 2.68. The first kappa shape index (κ1) is 12.3. The van der Waals surface area contributed by atoms with Gasteiger partial charge in [0, 0.05) is 6.42 Å². The van der Waals surface area contributed by atoms with Crippen molar-refractivity contribution in [2.75, 3.05) is 0 Å². The molecule has 17 heavy (non-hydrogen) atoms. The minimum absolute atomic E-state index is 0.133. The summed E-state index contributed by atoms with van der Waals surface area (Å²) in [6.45, 7) is 3.63. The summed E-state index contributed by atoms with van der Waals surface area (Å²) in [5, 5.41) is -0.817. The number of hydrogen-bond acceptors (Lipinski definition) is 3. The molecule has 1 aromatic carbocycles. The maximum Gasteiger partial charge on any atom is 0.188 e. The van der Waals surface area contributed by atoms with Gasteiger partial charge in [0.05, 0.1) is 4.90 Å². The number of ketones is 1. The molecular weight excluding hydrogens is 236 g/mol. The topological polar surface area (TPSA) is 51.2 Å². The smallest absolute Gasteiger partial charge is 0.188 e. The van der Waals surface area contributed by atoms with E-state index in [-0.39, 0.29) is 5.78 Å². The van der Waals surface area contributed by atoms with Gasteiger partial charge in [-0.05, 0) is 43.9 Å². The molecule has 2 rings (SSSR count). The van der Waals surface area contributed by atoms with Crippen LogP contribution in [-0.2, 0) is 14.6 Å². The van der Waals surface area contributed by atoms with Crippen LogP contribution < -0.4 is 0 Å². The molecule has 0 radical (unpaired) electrons. The molecule has 3 nitrogen and oxygen atoms in total. The lowest BCUT2D eigenvalue weighted by atomic mass is 10.2. The summed E-state index contributed by atoms with van der Waals surface area (Å²) in [6.07, 6.45) is 1.55. The summed E-state index contributed by atoms with van der Waals surface area (Å²) in [5.41, 5.74) is 1.62. The van der Waals surface area contributed by atoms with Crippen molar-refractivity contribution >= 4 is 15.6 Å². The van der Waals surface area contributed by atoms with Crippen LogP contribution in [0.5, 0.6) is 0 Å². The van der Waals surface area contributed by atoms with Crippen molar-refractivity contribution in [3.05, 3.63) is 29.3 Å². The van der Waals surface area contributed by atoms with Gasteiger partial charge in [0.2, 0.25) is 0 Å². The first-order chi connectivity index (χ1) is 7.93. The van der Waals surface area contributed by atoms with Gasteiger partial charge in [-0.3, -0.25) is 4.79 Å². The van der Waals surface area contributed by atoms with E-state index in [9.17, 15) is 13.2 Å². The van der Waals surface area contributed by atoms with Gasteiger partial charge in [-0.25, -0.2) is 8.42 Å². The Kier molecular flexibility index (Phi) is 3.08. The Balaban J connectivity index is 2.51. The number of rotatable bonds is 2. The van der Waals surface area contributed by atoms with Crippen LogP contribution in [-0.4, -0.2) is 19.5 Å². The normalized spacial score (nSPS) is 20.8. The molecule has 0 aromatic heterocycles. The molecule has 0 spiro atoms. The number of aryl methyl sites for hydroxylation is 2. The zero-order chi connectivity index (χ0) is 12.6. The van der Waals surface area contributed by atoms with Gasteiger partial charge in [0.1, 0.15) is 5.25 Å². The number of carbonyl (C=O) groups excluding carboxylic acids is 1. The molecule has 1 atom stereocenters. The molecule has 1 unspecified atom stereocenters. The Morgan fingerprint density at radius 1 is 1.24 bits per heavy atom. The van der Waals surface area contributed by atoms with E-state index >= 15 is 0 Å². The van der Waals surface area contributed by atoms with Crippen LogP contribution in [0.2, 0.25) is 0 Å². The van der Waals surface area contributed by atoms with Crippen LogP contribution in [0.3, 0.4) is 0 Å². The van der Waals surface area contributed by atoms with Crippen LogP contribution in [0.1, 0.15) is 30.4 Å². The van der Waals surface area contributed by atoms with E-state index < -0.39 is 15.1 Å². The van der Waals surface area contributed by atoms with Crippen molar-refractivity contribution in [3.63, 3.8) is 0 Å². The molecule has 1 aliphatic rings. The Morgan fingerprint density at radius 3 is 2.53 bits per heavy atom. The van der Waals surface area contributed by atoms with E-state index in [1.807, 2.05) is 13.0 Å². The van der Waals surface area contributed by atoms with Crippen molar-refractivity contribution in [2.24, 2.45) is 0 Å². The van der Waals surface area contributed by atoms with E-state index in [0.29, 0.717) is 24.2 Å². The molecule has 0 saturated heterocycles. The molecule has 0 aliphatic heterocycles. The molecular formula is C13H16O3S. The highest BCUT2D eigenvalue weighted by Gasteiger charge is 2.37. The predicted octanol–water partition coefficient (Wildman–Crippen LogP) is 2.20. The fraction of sp³-hybridized carbons (Fsp3) is 0.462. The molecule has 1 aromatic rings. The van der Waals surface area contributed by atoms with Gasteiger partial charge in [-0.2, -0.15) is 0 Å². The highest BCUT2D eigenvalue weighted by atomic mass is 32.2. The largest absolute Gasteiger partial charge is 0.298 e. The molecule has 0 amide bonds. The van der Waals surface area contributed by atoms with E-state index in [4.69, 9.17) is 0 Å². The molecule has 0 heterocycles. The first-order valence-electron chi connectivity index (χ1n) is 5.77. The monoisotopic (exact) mass is 252 g/mol. The summed E-state index contributed by atoms with van der Waals surface area (Å²) in [5.74, 6) is -0.133. The lowest BCUT2D eigenvalue weighted by Crippen LogP contribution is -2.26. The highest BCUT2D eigenvalue weighted by Crippen LogP contribution is 2.29. The molecule has 1 aliphatic carbocycles. The molecule has 92 valence electrons. The Bertz CT molecular complexity index is 558. The number of hydrogen-bond donors (Lipinski definition) is 0. The van der Waals surface area contributed by atoms with Gasteiger partial charge in [0.15, 0.2) is 15.6 Å². The van der Waals surface area contributed by atoms with Crippen LogP contribution in [0, 0.1) is 13.8 Å². The third-order valence-electron chi connectivity index (χ3n) is 3.27. The minimum atomic E-state index is -3.49. The van der Waals surface area contributed by atoms with Crippen LogP contribution in [0.4, 0.5) is 0 Å². The number of Topliss-reactive ketones (excluding diaryl/α,β-unsaturated/α-hetero) is 1. The maximum absolute atomic E-state index is 12.4. The summed E-state index contributed by atoms with van der Waals surface area (Å²) in [6, 6.07) is 5.34. The molecule has 0 bridgehead atoms. The predicted molar refractivity (Wildman–Crippen MR) is 65.7 cm³/mol. The number of carbonyl (C=O) groups is 1. The quantitative estimate of drug-likeness (QED) is 0.810. The summed E-state index contributed by atoms with van der Waals surface area (Å²) in [4.78, 5) is 11.9. The Labute approximate surface area is 102 Å². The van der Waals surface area contributed by atoms with Gasteiger partial charge < -0.3 is 0 Å². The van der Waals surface area contributed by atoms with Crippen molar-refractivity contribution in [1.82, 2.24) is 0 Å². The lowest BCUT2D eigenvalue weighted by Gasteiger charge is -2.13. The molecule has 0 N–H and O–H groups in total. The fourth-order valence-corrected chi connectivity index (χ4v) is 4.39. The first-order valence-corrected chi connectivity index (χ1v) is 7.31. The Morgan fingerprint density at radius 2 is 1.94 bits per heavy atom. The summed E-state index contributed by atoms with van der Waals surface area (Å²) in [7, 11) is -3.49. The highest BCUT2D eigenvalue weighted by molar-refractivity contribution is 7.92. The van der Waals surface area contributed by atoms with Crippen LogP contribution in [0.15, 0.2) is 23.1 Å². The zero-order valence-electron chi connectivity index (χ0n) is 10.1. The maximum atomic E-state index is 12.4. The Hall–Kier alpha value is -1.16. The van der Waals surface area contributed by atoms with E-state index in [2.05, 4.69) is 0 Å². The van der Waals surface area contributed by atoms with E-state index in [1.54, 1.807) is 19.1 Å². The van der Waals surface area contributed by atoms with Crippen molar-refractivity contribution in [1.29, 1.82) is 0 Å². The number of benzene rings is 1. The number of sulfone groups is 1. The summed E-state index contributed by atoms with van der Waals surface area (Å²) < 4.78 is 24.8. The van der Waals surface area contributed by atoms with Gasteiger partial charge in [-0.1, -0.05) is 12.1 Å². The second kappa shape index (κ2) is 4.26. The van der Waals surface area contributed by atoms with E-state index in [0.717, 1.165) is 11.1 Å². The third-order valence-corrected chi connectivity index (χ3v) is 5.57. The SMILES string of the molecule is Cc1ccc(C)c(S(=O)(=O)C2CCCC2=O)c1. The van der Waals surface area contributed by atoms with Gasteiger partial charge in [-0.15, -0.1) is 0 Å². The van der Waals surface area contributed by atoms with Crippen molar-refractivity contribution in [2.45, 2.75) is 43.3 Å². The zero-order valence-corrected chi connectivity index (χ0v) is 10.9. The fourth-order valence-electron chi connectivity index (χ4n) is 2.28. The standard InChI is InChI=1S/C13H16O3S/c1-9-6-7-10(2)13(8-9)17(15,16)12-5-3-4-11(12)14/h6-8,12H,3-5H2,1-2H3. The minimum Gasteiger partial charge on any atom is -0.298 e. The van der Waals surface area contributed by atoms with Gasteiger partial charge >= 0.3 is 0 Å². The van der Waals surface area contributed by atoms with Crippen molar-refractivity contribution < 1.29 is 13.2 Å². The second-order valence-electron chi connectivity index (χ2n) is 4.66. The molecule has 4 heteroatoms. The molecule has 1 fully saturated rings. The van der Waals surface area contributed by atoms with E-state index in [1.165, 1.54) is 0 Å². The molecule has 1 saturated carbocycles. The second-order valence-corrected chi connectivity index (χ2v) is 6.76. The summed E-state index contributed by atoms with van der Waals surface area (Å²) >= 11 is 0. The lowest BCUT2D eigenvalue weighted by molar-refractivity contribution is -0.117. The van der Waals surface area contributed by atoms with Crippen LogP contribution in [0.25, 0.3) is 0 Å². The third kappa shape index (κ3) is 2.14. The van der Waals surface area contributed by atoms with Gasteiger partial charge in [0.25, 0.3) is 0 Å². The average molecular weight is 252 g/mol. The van der Waals surface area contributed by atoms with Crippen LogP contribution >= 0.6 is 0 Å². The van der Waals surface area contributed by atoms with Crippen molar-refractivity contribution in [3.8, 4) is 0 Å².